The maximum Gasteiger partial charge on any atom is 0.269 e. The van der Waals surface area contributed by atoms with Gasteiger partial charge in [0.05, 0.1) is 26.5 Å². The van der Waals surface area contributed by atoms with Crippen LogP contribution in [0.1, 0.15) is 10.4 Å². The molecule has 3 rings (SSSR count). The van der Waals surface area contributed by atoms with E-state index in [1.165, 1.54) is 18.2 Å². The fraction of sp³-hybridized carbons (Fsp3) is 0. The summed E-state index contributed by atoms with van der Waals surface area (Å²) < 4.78 is 0.766. The Morgan fingerprint density at radius 1 is 1.09 bits per heavy atom. The number of rotatable bonds is 1. The lowest BCUT2D eigenvalue weighted by atomic mass is 10.2. The predicted octanol–water partition coefficient (Wildman–Crippen LogP) is 4.71. The maximum atomic E-state index is 12.7. The van der Waals surface area contributed by atoms with Crippen molar-refractivity contribution in [3.05, 3.63) is 72.2 Å². The minimum Gasteiger partial charge on any atom is -0.330 e. The molecule has 23 heavy (non-hydrogen) atoms. The number of aromatic nitrogens is 2. The molecule has 0 radical (unpaired) electrons. The van der Waals surface area contributed by atoms with Crippen molar-refractivity contribution in [2.45, 2.75) is 0 Å². The van der Waals surface area contributed by atoms with Gasteiger partial charge in [0.25, 0.3) is 11.5 Å². The second-order valence-corrected chi connectivity index (χ2v) is 6.30. The third kappa shape index (κ3) is 2.81. The van der Waals surface area contributed by atoms with Gasteiger partial charge in [0.15, 0.2) is 4.77 Å². The van der Waals surface area contributed by atoms with Crippen LogP contribution in [0.4, 0.5) is 0 Å². The first-order valence-electron chi connectivity index (χ1n) is 6.33. The van der Waals surface area contributed by atoms with E-state index in [0.29, 0.717) is 5.52 Å². The molecule has 0 aliphatic carbocycles. The molecule has 0 spiro atoms. The molecule has 0 saturated carbocycles. The van der Waals surface area contributed by atoms with E-state index in [-0.39, 0.29) is 30.8 Å². The molecule has 116 valence electrons. The van der Waals surface area contributed by atoms with E-state index in [9.17, 15) is 9.59 Å². The lowest BCUT2D eigenvalue weighted by molar-refractivity contribution is 0.0954. The SMILES string of the molecule is O=C(c1ccccc1Cl)n1c(=S)[nH]c2c(Cl)cc(Cl)cc2c1=O. The number of carbonyl (C=O) groups excluding carboxylic acids is 1. The summed E-state index contributed by atoms with van der Waals surface area (Å²) in [4.78, 5) is 28.1. The van der Waals surface area contributed by atoms with Crippen LogP contribution < -0.4 is 5.56 Å². The summed E-state index contributed by atoms with van der Waals surface area (Å²) in [6, 6.07) is 9.31. The molecule has 3 aromatic rings. The third-order valence-electron chi connectivity index (χ3n) is 3.23. The van der Waals surface area contributed by atoms with Gasteiger partial charge in [-0.05, 0) is 36.5 Å². The molecule has 0 amide bonds. The Balaban J connectivity index is 2.35. The van der Waals surface area contributed by atoms with Crippen LogP contribution in [0.25, 0.3) is 10.9 Å². The van der Waals surface area contributed by atoms with Gasteiger partial charge >= 0.3 is 0 Å². The fourth-order valence-electron chi connectivity index (χ4n) is 2.18. The van der Waals surface area contributed by atoms with Gasteiger partial charge in [-0.1, -0.05) is 46.9 Å². The largest absolute Gasteiger partial charge is 0.330 e. The number of hydrogen-bond donors (Lipinski definition) is 1. The first kappa shape index (κ1) is 16.2. The number of hydrogen-bond acceptors (Lipinski definition) is 3. The minimum atomic E-state index is -0.625. The Kier molecular flexibility index (Phi) is 4.29. The van der Waals surface area contributed by atoms with E-state index >= 15 is 0 Å². The normalized spacial score (nSPS) is 10.9. The topological polar surface area (TPSA) is 54.9 Å². The summed E-state index contributed by atoms with van der Waals surface area (Å²) in [6.45, 7) is 0. The molecular formula is C15H7Cl3N2O2S. The molecular weight excluding hydrogens is 379 g/mol. The molecule has 0 atom stereocenters. The summed E-state index contributed by atoms with van der Waals surface area (Å²) in [5.41, 5.74) is -0.115. The van der Waals surface area contributed by atoms with E-state index in [0.717, 1.165) is 4.57 Å². The van der Waals surface area contributed by atoms with Crippen LogP contribution in [0.3, 0.4) is 0 Å². The monoisotopic (exact) mass is 384 g/mol. The van der Waals surface area contributed by atoms with Crippen molar-refractivity contribution in [1.82, 2.24) is 9.55 Å². The van der Waals surface area contributed by atoms with E-state index in [1.54, 1.807) is 18.2 Å². The van der Waals surface area contributed by atoms with Gasteiger partial charge in [-0.15, -0.1) is 0 Å². The first-order valence-corrected chi connectivity index (χ1v) is 7.87. The molecule has 0 unspecified atom stereocenters. The van der Waals surface area contributed by atoms with Gasteiger partial charge < -0.3 is 4.98 Å². The minimum absolute atomic E-state index is 0.0726. The van der Waals surface area contributed by atoms with Crippen molar-refractivity contribution >= 4 is 63.8 Å². The highest BCUT2D eigenvalue weighted by atomic mass is 35.5. The molecule has 1 heterocycles. The molecule has 2 aromatic carbocycles. The Morgan fingerprint density at radius 2 is 1.78 bits per heavy atom. The van der Waals surface area contributed by atoms with Crippen molar-refractivity contribution in [3.8, 4) is 0 Å². The van der Waals surface area contributed by atoms with Gasteiger partial charge in [0.2, 0.25) is 0 Å². The zero-order valence-corrected chi connectivity index (χ0v) is 14.4. The number of fused-ring (bicyclic) bond motifs is 1. The molecule has 1 N–H and O–H groups in total. The summed E-state index contributed by atoms with van der Waals surface area (Å²) in [6.07, 6.45) is 0. The van der Waals surface area contributed by atoms with Crippen LogP contribution in [-0.4, -0.2) is 15.5 Å². The molecule has 0 aliphatic heterocycles. The van der Waals surface area contributed by atoms with E-state index in [2.05, 4.69) is 4.98 Å². The van der Waals surface area contributed by atoms with Crippen molar-refractivity contribution in [2.75, 3.05) is 0 Å². The van der Waals surface area contributed by atoms with Crippen LogP contribution in [-0.2, 0) is 0 Å². The van der Waals surface area contributed by atoms with Crippen molar-refractivity contribution < 1.29 is 4.79 Å². The zero-order valence-electron chi connectivity index (χ0n) is 11.3. The number of aromatic amines is 1. The highest BCUT2D eigenvalue weighted by molar-refractivity contribution is 7.71. The standard InChI is InChI=1S/C15H7Cl3N2O2S/c16-7-5-9-12(11(18)6-7)19-15(23)20(14(9)22)13(21)8-3-1-2-4-10(8)17/h1-6H,(H,19,23). The lowest BCUT2D eigenvalue weighted by Crippen LogP contribution is -2.29. The Morgan fingerprint density at radius 3 is 2.48 bits per heavy atom. The Hall–Kier alpha value is -1.66. The molecule has 4 nitrogen and oxygen atoms in total. The van der Waals surface area contributed by atoms with Crippen molar-refractivity contribution in [3.63, 3.8) is 0 Å². The Labute approximate surface area is 150 Å². The number of carbonyl (C=O) groups is 1. The van der Waals surface area contributed by atoms with Gasteiger partial charge in [-0.25, -0.2) is 4.57 Å². The number of benzene rings is 2. The molecule has 1 aromatic heterocycles. The van der Waals surface area contributed by atoms with E-state index < -0.39 is 11.5 Å². The highest BCUT2D eigenvalue weighted by Gasteiger charge is 2.18. The first-order chi connectivity index (χ1) is 10.9. The molecule has 0 aliphatic rings. The number of halogens is 3. The molecule has 0 saturated heterocycles. The molecule has 8 heteroatoms. The molecule has 0 fully saturated rings. The van der Waals surface area contributed by atoms with Crippen LogP contribution in [0.5, 0.6) is 0 Å². The van der Waals surface area contributed by atoms with Gasteiger partial charge in [-0.2, -0.15) is 0 Å². The predicted molar refractivity (Wildman–Crippen MR) is 94.6 cm³/mol. The smallest absolute Gasteiger partial charge is 0.269 e. The number of nitrogens with zero attached hydrogens (tertiary/aromatic N) is 1. The number of nitrogens with one attached hydrogen (secondary N) is 1. The average molecular weight is 386 g/mol. The lowest BCUT2D eigenvalue weighted by Gasteiger charge is -2.09. The van der Waals surface area contributed by atoms with Gasteiger partial charge in [0.1, 0.15) is 0 Å². The zero-order chi connectivity index (χ0) is 16.7. The van der Waals surface area contributed by atoms with Crippen LogP contribution in [0.2, 0.25) is 15.1 Å². The molecule has 0 bridgehead atoms. The number of H-pyrrole nitrogens is 1. The maximum absolute atomic E-state index is 12.7. The van der Waals surface area contributed by atoms with Gasteiger partial charge in [-0.3, -0.25) is 9.59 Å². The quantitative estimate of drug-likeness (QED) is 0.617. The van der Waals surface area contributed by atoms with Crippen LogP contribution in [0.15, 0.2) is 41.2 Å². The second-order valence-electron chi connectivity index (χ2n) is 4.67. The highest BCUT2D eigenvalue weighted by Crippen LogP contribution is 2.24. The second kappa shape index (κ2) is 6.09. The fourth-order valence-corrected chi connectivity index (χ4v) is 3.21. The van der Waals surface area contributed by atoms with Crippen molar-refractivity contribution in [1.29, 1.82) is 0 Å². The summed E-state index contributed by atoms with van der Waals surface area (Å²) >= 11 is 23.1. The van der Waals surface area contributed by atoms with E-state index in [1.807, 2.05) is 0 Å². The van der Waals surface area contributed by atoms with Crippen molar-refractivity contribution in [2.24, 2.45) is 0 Å². The van der Waals surface area contributed by atoms with Crippen LogP contribution in [0, 0.1) is 4.77 Å². The summed E-state index contributed by atoms with van der Waals surface area (Å²) in [5.74, 6) is -0.625. The average Bonchev–Trinajstić information content (AvgIpc) is 2.49. The van der Waals surface area contributed by atoms with Crippen LogP contribution >= 0.6 is 47.0 Å². The van der Waals surface area contributed by atoms with Gasteiger partial charge in [0, 0.05) is 5.02 Å². The van der Waals surface area contributed by atoms with E-state index in [4.69, 9.17) is 47.0 Å². The Bertz CT molecular complexity index is 1070. The summed E-state index contributed by atoms with van der Waals surface area (Å²) in [7, 11) is 0. The third-order valence-corrected chi connectivity index (χ3v) is 4.36. The summed E-state index contributed by atoms with van der Waals surface area (Å²) in [5, 5.41) is 0.912.